The first-order valence-electron chi connectivity index (χ1n) is 11.3. The summed E-state index contributed by atoms with van der Waals surface area (Å²) in [6.45, 7) is 2.25. The fourth-order valence-electron chi connectivity index (χ4n) is 3.83. The fraction of sp³-hybridized carbons (Fsp3) is 0.417. The summed E-state index contributed by atoms with van der Waals surface area (Å²) in [5, 5.41) is 15.2. The number of aliphatic hydroxyl groups is 1. The van der Waals surface area contributed by atoms with Gasteiger partial charge in [-0.05, 0) is 24.3 Å². The molecule has 8 nitrogen and oxygen atoms in total. The van der Waals surface area contributed by atoms with Gasteiger partial charge in [-0.15, -0.1) is 0 Å². The van der Waals surface area contributed by atoms with Crippen molar-refractivity contribution in [1.29, 1.82) is 0 Å². The van der Waals surface area contributed by atoms with Gasteiger partial charge in [0.25, 0.3) is 0 Å². The second-order valence-corrected chi connectivity index (χ2v) is 8.46. The van der Waals surface area contributed by atoms with Crippen molar-refractivity contribution < 1.29 is 37.0 Å². The van der Waals surface area contributed by atoms with Gasteiger partial charge in [0.05, 0.1) is 37.4 Å². The van der Waals surface area contributed by atoms with E-state index in [0.717, 1.165) is 12.1 Å². The van der Waals surface area contributed by atoms with Crippen LogP contribution in [0, 0.1) is 5.82 Å². The molecule has 2 aromatic carbocycles. The SMILES string of the molecule is COc1cc(NC(=O)CN2CCN(CC(O)CC(=O)Nc3ccccc3F)CC2)cc(C(F)(F)F)c1. The lowest BCUT2D eigenvalue weighted by atomic mass is 10.1. The number of rotatable bonds is 9. The number of aliphatic hydroxyl groups excluding tert-OH is 1. The minimum absolute atomic E-state index is 0.0120. The number of benzene rings is 2. The van der Waals surface area contributed by atoms with Gasteiger partial charge in [0, 0.05) is 44.5 Å². The van der Waals surface area contributed by atoms with Gasteiger partial charge in [-0.25, -0.2) is 4.39 Å². The number of hydrogen-bond donors (Lipinski definition) is 3. The van der Waals surface area contributed by atoms with Crippen LogP contribution in [0.5, 0.6) is 5.75 Å². The molecular formula is C24H28F4N4O4. The molecule has 1 unspecified atom stereocenters. The molecule has 1 fully saturated rings. The third-order valence-electron chi connectivity index (χ3n) is 5.62. The van der Waals surface area contributed by atoms with E-state index >= 15 is 0 Å². The zero-order valence-electron chi connectivity index (χ0n) is 19.6. The van der Waals surface area contributed by atoms with Crippen LogP contribution < -0.4 is 15.4 Å². The Kier molecular flexibility index (Phi) is 9.24. The van der Waals surface area contributed by atoms with Crippen LogP contribution in [0.15, 0.2) is 42.5 Å². The predicted octanol–water partition coefficient (Wildman–Crippen LogP) is 2.80. The number of piperazine rings is 1. The highest BCUT2D eigenvalue weighted by Crippen LogP contribution is 2.34. The third kappa shape index (κ3) is 8.18. The van der Waals surface area contributed by atoms with Gasteiger partial charge < -0.3 is 20.5 Å². The number of ether oxygens (including phenoxy) is 1. The zero-order chi connectivity index (χ0) is 26.3. The Hall–Kier alpha value is -3.22. The Morgan fingerprint density at radius 2 is 1.69 bits per heavy atom. The number of amides is 2. The van der Waals surface area contributed by atoms with E-state index in [-0.39, 0.29) is 36.6 Å². The third-order valence-corrected chi connectivity index (χ3v) is 5.62. The normalized spacial score (nSPS) is 15.8. The molecule has 1 saturated heterocycles. The van der Waals surface area contributed by atoms with Crippen molar-refractivity contribution in [1.82, 2.24) is 9.80 Å². The fourth-order valence-corrected chi connectivity index (χ4v) is 3.83. The number of anilines is 2. The summed E-state index contributed by atoms with van der Waals surface area (Å²) in [5.41, 5.74) is -0.890. The van der Waals surface area contributed by atoms with Crippen LogP contribution in [0.3, 0.4) is 0 Å². The number of carbonyl (C=O) groups is 2. The topological polar surface area (TPSA) is 94.1 Å². The molecule has 3 N–H and O–H groups in total. The van der Waals surface area contributed by atoms with E-state index in [1.807, 2.05) is 9.80 Å². The van der Waals surface area contributed by atoms with Crippen LogP contribution in [-0.2, 0) is 15.8 Å². The largest absolute Gasteiger partial charge is 0.497 e. The summed E-state index contributed by atoms with van der Waals surface area (Å²) in [5.74, 6) is -1.55. The van der Waals surface area contributed by atoms with E-state index in [4.69, 9.17) is 4.74 Å². The van der Waals surface area contributed by atoms with Crippen molar-refractivity contribution in [3.8, 4) is 5.75 Å². The molecule has 3 rings (SSSR count). The molecule has 0 aromatic heterocycles. The predicted molar refractivity (Wildman–Crippen MR) is 125 cm³/mol. The number of halogens is 4. The lowest BCUT2D eigenvalue weighted by Crippen LogP contribution is -2.50. The van der Waals surface area contributed by atoms with Crippen LogP contribution in [0.2, 0.25) is 0 Å². The average Bonchev–Trinajstić information content (AvgIpc) is 2.81. The van der Waals surface area contributed by atoms with E-state index in [2.05, 4.69) is 10.6 Å². The number of hydrogen-bond acceptors (Lipinski definition) is 6. The van der Waals surface area contributed by atoms with Crippen LogP contribution in [0.25, 0.3) is 0 Å². The Morgan fingerprint density at radius 1 is 1.03 bits per heavy atom. The molecular weight excluding hydrogens is 484 g/mol. The molecule has 1 aliphatic rings. The molecule has 1 atom stereocenters. The molecule has 0 spiro atoms. The molecule has 0 radical (unpaired) electrons. The molecule has 1 aliphatic heterocycles. The van der Waals surface area contributed by atoms with E-state index < -0.39 is 35.5 Å². The number of nitrogens with one attached hydrogen (secondary N) is 2. The van der Waals surface area contributed by atoms with Crippen LogP contribution in [0.4, 0.5) is 28.9 Å². The second kappa shape index (κ2) is 12.2. The van der Waals surface area contributed by atoms with Crippen molar-refractivity contribution >= 4 is 23.2 Å². The summed E-state index contributed by atoms with van der Waals surface area (Å²) in [6.07, 6.45) is -5.73. The monoisotopic (exact) mass is 512 g/mol. The maximum Gasteiger partial charge on any atom is 0.416 e. The lowest BCUT2D eigenvalue weighted by molar-refractivity contribution is -0.137. The minimum Gasteiger partial charge on any atom is -0.497 e. The summed E-state index contributed by atoms with van der Waals surface area (Å²) in [6, 6.07) is 8.77. The maximum atomic E-state index is 13.6. The first-order valence-corrected chi connectivity index (χ1v) is 11.3. The van der Waals surface area contributed by atoms with Crippen molar-refractivity contribution in [3.05, 3.63) is 53.8 Å². The van der Waals surface area contributed by atoms with Crippen molar-refractivity contribution in [2.45, 2.75) is 18.7 Å². The molecule has 36 heavy (non-hydrogen) atoms. The van der Waals surface area contributed by atoms with Gasteiger partial charge in [-0.2, -0.15) is 13.2 Å². The van der Waals surface area contributed by atoms with Gasteiger partial charge in [0.2, 0.25) is 11.8 Å². The van der Waals surface area contributed by atoms with Crippen molar-refractivity contribution in [3.63, 3.8) is 0 Å². The number of alkyl halides is 3. The van der Waals surface area contributed by atoms with Crippen LogP contribution in [-0.4, -0.2) is 79.2 Å². The summed E-state index contributed by atoms with van der Waals surface area (Å²) in [7, 11) is 1.24. The van der Waals surface area contributed by atoms with Gasteiger partial charge in [-0.1, -0.05) is 12.1 Å². The van der Waals surface area contributed by atoms with Gasteiger partial charge in [0.15, 0.2) is 0 Å². The lowest BCUT2D eigenvalue weighted by Gasteiger charge is -2.35. The number of nitrogens with zero attached hydrogens (tertiary/aromatic N) is 2. The highest BCUT2D eigenvalue weighted by molar-refractivity contribution is 5.92. The van der Waals surface area contributed by atoms with Crippen LogP contribution in [0.1, 0.15) is 12.0 Å². The first-order chi connectivity index (χ1) is 17.0. The Balaban J connectivity index is 1.42. The first kappa shape index (κ1) is 27.4. The second-order valence-electron chi connectivity index (χ2n) is 8.46. The van der Waals surface area contributed by atoms with Gasteiger partial charge in [0.1, 0.15) is 11.6 Å². The molecule has 1 heterocycles. The van der Waals surface area contributed by atoms with E-state index in [1.165, 1.54) is 31.4 Å². The summed E-state index contributed by atoms with van der Waals surface area (Å²) >= 11 is 0. The Morgan fingerprint density at radius 3 is 2.33 bits per heavy atom. The number of carbonyl (C=O) groups excluding carboxylic acids is 2. The summed E-state index contributed by atoms with van der Waals surface area (Å²) < 4.78 is 57.7. The zero-order valence-corrected chi connectivity index (χ0v) is 19.6. The van der Waals surface area contributed by atoms with Crippen molar-refractivity contribution in [2.24, 2.45) is 0 Å². The molecule has 0 bridgehead atoms. The standard InChI is InChI=1S/C24H28F4N4O4/c1-36-19-11-16(24(26,27)28)10-17(12-19)29-23(35)15-32-8-6-31(7-9-32)14-18(33)13-22(34)30-21-5-3-2-4-20(21)25/h2-5,10-12,18,33H,6-9,13-15H2,1H3,(H,29,35)(H,30,34). The number of methoxy groups -OCH3 is 1. The Bertz CT molecular complexity index is 1060. The maximum absolute atomic E-state index is 13.6. The molecule has 2 aromatic rings. The van der Waals surface area contributed by atoms with E-state index in [9.17, 15) is 32.3 Å². The quantitative estimate of drug-likeness (QED) is 0.448. The summed E-state index contributed by atoms with van der Waals surface area (Å²) in [4.78, 5) is 28.3. The highest BCUT2D eigenvalue weighted by atomic mass is 19.4. The van der Waals surface area contributed by atoms with Crippen LogP contribution >= 0.6 is 0 Å². The molecule has 0 saturated carbocycles. The molecule has 2 amide bonds. The molecule has 0 aliphatic carbocycles. The number of para-hydroxylation sites is 1. The van der Waals surface area contributed by atoms with E-state index in [0.29, 0.717) is 26.2 Å². The molecule has 196 valence electrons. The number of β-amino-alcohol motifs (C(OH)–C–C–N with tert-alkyl or cyclic N) is 1. The van der Waals surface area contributed by atoms with Gasteiger partial charge in [-0.3, -0.25) is 19.4 Å². The smallest absolute Gasteiger partial charge is 0.416 e. The minimum atomic E-state index is -4.58. The average molecular weight is 513 g/mol. The highest BCUT2D eigenvalue weighted by Gasteiger charge is 2.31. The van der Waals surface area contributed by atoms with E-state index in [1.54, 1.807) is 6.07 Å². The van der Waals surface area contributed by atoms with Crippen molar-refractivity contribution in [2.75, 3.05) is 57.0 Å². The molecule has 12 heteroatoms. The Labute approximate surface area is 205 Å². The van der Waals surface area contributed by atoms with Gasteiger partial charge >= 0.3 is 6.18 Å².